The Balaban J connectivity index is 1.34. The smallest absolute Gasteiger partial charge is 0.241 e. The van der Waals surface area contributed by atoms with Crippen molar-refractivity contribution in [3.05, 3.63) is 58.7 Å². The fraction of sp³-hybridized carbons (Fsp3) is 0.458. The van der Waals surface area contributed by atoms with E-state index in [1.165, 1.54) is 24.0 Å². The number of anilines is 1. The number of carbonyl (C=O) groups is 1. The first kappa shape index (κ1) is 19.8. The number of benzene rings is 2. The van der Waals surface area contributed by atoms with Gasteiger partial charge in [0.2, 0.25) is 15.9 Å². The number of fused-ring (bicyclic) bond motifs is 2. The molecule has 1 amide bonds. The number of amides is 1. The standard InChI is InChI=1S/C24H28N2O3S/c1-16(19-9-6-17-4-2-3-5-20(17)14-19)25-30(28,29)22-10-11-23-21(15-22)12-13-26(23)24(27)18-7-8-18/h6,9-11,14-16,18,25H,2-5,7-8,12-13H2,1H3/t16-/m0/s1. The molecule has 0 radical (unpaired) electrons. The summed E-state index contributed by atoms with van der Waals surface area (Å²) in [6.45, 7) is 2.54. The summed E-state index contributed by atoms with van der Waals surface area (Å²) in [5, 5.41) is 0. The molecule has 30 heavy (non-hydrogen) atoms. The third-order valence-corrected chi connectivity index (χ3v) is 8.19. The lowest BCUT2D eigenvalue weighted by Crippen LogP contribution is -2.30. The predicted molar refractivity (Wildman–Crippen MR) is 117 cm³/mol. The highest BCUT2D eigenvalue weighted by molar-refractivity contribution is 7.89. The molecule has 1 saturated carbocycles. The summed E-state index contributed by atoms with van der Waals surface area (Å²) in [6.07, 6.45) is 7.28. The highest BCUT2D eigenvalue weighted by atomic mass is 32.2. The zero-order chi connectivity index (χ0) is 20.9. The summed E-state index contributed by atoms with van der Waals surface area (Å²) in [6, 6.07) is 11.2. The van der Waals surface area contributed by atoms with E-state index in [0.717, 1.165) is 42.5 Å². The molecule has 0 aromatic heterocycles. The normalized spacial score (nSPS) is 19.3. The minimum atomic E-state index is -3.65. The maximum atomic E-state index is 13.0. The Morgan fingerprint density at radius 3 is 2.53 bits per heavy atom. The van der Waals surface area contributed by atoms with Crippen molar-refractivity contribution in [3.63, 3.8) is 0 Å². The largest absolute Gasteiger partial charge is 0.312 e. The second-order valence-electron chi connectivity index (χ2n) is 8.88. The van der Waals surface area contributed by atoms with Crippen LogP contribution in [0, 0.1) is 5.92 Å². The van der Waals surface area contributed by atoms with Gasteiger partial charge < -0.3 is 4.90 Å². The highest BCUT2D eigenvalue weighted by Gasteiger charge is 2.36. The fourth-order valence-corrected chi connectivity index (χ4v) is 6.00. The van der Waals surface area contributed by atoms with Gasteiger partial charge in [-0.05, 0) is 92.3 Å². The summed E-state index contributed by atoms with van der Waals surface area (Å²) < 4.78 is 28.9. The Bertz CT molecular complexity index is 1110. The molecule has 2 aliphatic carbocycles. The van der Waals surface area contributed by atoms with Crippen LogP contribution in [-0.2, 0) is 34.1 Å². The minimum Gasteiger partial charge on any atom is -0.312 e. The van der Waals surface area contributed by atoms with Crippen LogP contribution in [0.25, 0.3) is 0 Å². The molecule has 0 saturated heterocycles. The maximum absolute atomic E-state index is 13.0. The Kier molecular flexibility index (Phi) is 4.94. The quantitative estimate of drug-likeness (QED) is 0.792. The number of rotatable bonds is 5. The van der Waals surface area contributed by atoms with Crippen LogP contribution in [-0.4, -0.2) is 20.9 Å². The molecule has 5 rings (SSSR count). The van der Waals surface area contributed by atoms with Gasteiger partial charge in [0, 0.05) is 24.2 Å². The van der Waals surface area contributed by atoms with E-state index in [-0.39, 0.29) is 22.8 Å². The van der Waals surface area contributed by atoms with Gasteiger partial charge in [-0.1, -0.05) is 18.2 Å². The second kappa shape index (κ2) is 7.50. The van der Waals surface area contributed by atoms with Crippen molar-refractivity contribution in [3.8, 4) is 0 Å². The molecule has 5 nitrogen and oxygen atoms in total. The molecule has 3 aliphatic rings. The lowest BCUT2D eigenvalue weighted by molar-refractivity contribution is -0.119. The van der Waals surface area contributed by atoms with Crippen molar-refractivity contribution in [1.82, 2.24) is 4.72 Å². The van der Waals surface area contributed by atoms with Crippen LogP contribution >= 0.6 is 0 Å². The van der Waals surface area contributed by atoms with Gasteiger partial charge in [-0.25, -0.2) is 13.1 Å². The number of hydrogen-bond acceptors (Lipinski definition) is 3. The van der Waals surface area contributed by atoms with Gasteiger partial charge >= 0.3 is 0 Å². The lowest BCUT2D eigenvalue weighted by atomic mass is 9.89. The van der Waals surface area contributed by atoms with Gasteiger partial charge in [-0.3, -0.25) is 4.79 Å². The summed E-state index contributed by atoms with van der Waals surface area (Å²) in [5.74, 6) is 0.349. The third kappa shape index (κ3) is 3.67. The van der Waals surface area contributed by atoms with E-state index in [1.54, 1.807) is 18.2 Å². The van der Waals surface area contributed by atoms with Crippen molar-refractivity contribution in [2.75, 3.05) is 11.4 Å². The molecule has 6 heteroatoms. The average Bonchev–Trinajstić information content (AvgIpc) is 3.51. The first-order valence-electron chi connectivity index (χ1n) is 11.0. The molecule has 0 bridgehead atoms. The summed E-state index contributed by atoms with van der Waals surface area (Å²) in [5.41, 5.74) is 5.55. The van der Waals surface area contributed by atoms with Gasteiger partial charge in [-0.2, -0.15) is 0 Å². The molecule has 1 fully saturated rings. The SMILES string of the molecule is C[C@H](NS(=O)(=O)c1ccc2c(c1)CCN2C(=O)C1CC1)c1ccc2c(c1)CCCC2. The molecule has 1 aliphatic heterocycles. The molecule has 2 aromatic carbocycles. The summed E-state index contributed by atoms with van der Waals surface area (Å²) in [4.78, 5) is 14.5. The number of carbonyl (C=O) groups excluding carboxylic acids is 1. The van der Waals surface area contributed by atoms with Gasteiger partial charge in [0.25, 0.3) is 0 Å². The van der Waals surface area contributed by atoms with Gasteiger partial charge in [-0.15, -0.1) is 0 Å². The zero-order valence-electron chi connectivity index (χ0n) is 17.4. The van der Waals surface area contributed by atoms with Crippen molar-refractivity contribution >= 4 is 21.6 Å². The van der Waals surface area contributed by atoms with E-state index in [4.69, 9.17) is 0 Å². The number of aryl methyl sites for hydroxylation is 2. The molecule has 158 valence electrons. The van der Waals surface area contributed by atoms with Crippen LogP contribution in [0.1, 0.15) is 60.9 Å². The highest BCUT2D eigenvalue weighted by Crippen LogP contribution is 2.37. The van der Waals surface area contributed by atoms with E-state index < -0.39 is 10.0 Å². The number of sulfonamides is 1. The topological polar surface area (TPSA) is 66.5 Å². The molecular weight excluding hydrogens is 396 g/mol. The number of nitrogens with zero attached hydrogens (tertiary/aromatic N) is 1. The van der Waals surface area contributed by atoms with Crippen LogP contribution < -0.4 is 9.62 Å². The Morgan fingerprint density at radius 1 is 1.00 bits per heavy atom. The Hall–Kier alpha value is -2.18. The minimum absolute atomic E-state index is 0.165. The first-order chi connectivity index (χ1) is 14.4. The average molecular weight is 425 g/mol. The Labute approximate surface area is 178 Å². The van der Waals surface area contributed by atoms with Crippen LogP contribution in [0.4, 0.5) is 5.69 Å². The van der Waals surface area contributed by atoms with E-state index in [2.05, 4.69) is 16.9 Å². The zero-order valence-corrected chi connectivity index (χ0v) is 18.2. The van der Waals surface area contributed by atoms with E-state index in [1.807, 2.05) is 17.9 Å². The van der Waals surface area contributed by atoms with Crippen LogP contribution in [0.2, 0.25) is 0 Å². The van der Waals surface area contributed by atoms with Crippen molar-refractivity contribution in [1.29, 1.82) is 0 Å². The molecular formula is C24H28N2O3S. The molecule has 1 atom stereocenters. The van der Waals surface area contributed by atoms with Crippen molar-refractivity contribution < 1.29 is 13.2 Å². The molecule has 0 spiro atoms. The fourth-order valence-electron chi connectivity index (χ4n) is 4.72. The van der Waals surface area contributed by atoms with Gasteiger partial charge in [0.1, 0.15) is 0 Å². The second-order valence-corrected chi connectivity index (χ2v) is 10.6. The van der Waals surface area contributed by atoms with E-state index >= 15 is 0 Å². The molecule has 0 unspecified atom stereocenters. The summed E-state index contributed by atoms with van der Waals surface area (Å²) >= 11 is 0. The summed E-state index contributed by atoms with van der Waals surface area (Å²) in [7, 11) is -3.65. The molecule has 1 heterocycles. The van der Waals surface area contributed by atoms with Crippen LogP contribution in [0.3, 0.4) is 0 Å². The van der Waals surface area contributed by atoms with Crippen LogP contribution in [0.15, 0.2) is 41.3 Å². The first-order valence-corrected chi connectivity index (χ1v) is 12.5. The monoisotopic (exact) mass is 424 g/mol. The number of nitrogens with one attached hydrogen (secondary N) is 1. The number of hydrogen-bond donors (Lipinski definition) is 1. The van der Waals surface area contributed by atoms with Crippen LogP contribution in [0.5, 0.6) is 0 Å². The van der Waals surface area contributed by atoms with Gasteiger partial charge in [0.15, 0.2) is 0 Å². The van der Waals surface area contributed by atoms with E-state index in [0.29, 0.717) is 13.0 Å². The molecule has 1 N–H and O–H groups in total. The van der Waals surface area contributed by atoms with Crippen molar-refractivity contribution in [2.45, 2.75) is 62.8 Å². The predicted octanol–water partition coefficient (Wildman–Crippen LogP) is 3.90. The third-order valence-electron chi connectivity index (χ3n) is 6.65. The maximum Gasteiger partial charge on any atom is 0.241 e. The van der Waals surface area contributed by atoms with Gasteiger partial charge in [0.05, 0.1) is 4.90 Å². The Morgan fingerprint density at radius 2 is 1.77 bits per heavy atom. The van der Waals surface area contributed by atoms with E-state index in [9.17, 15) is 13.2 Å². The van der Waals surface area contributed by atoms with Crippen molar-refractivity contribution in [2.24, 2.45) is 5.92 Å². The lowest BCUT2D eigenvalue weighted by Gasteiger charge is -2.20. The molecule has 2 aromatic rings.